The van der Waals surface area contributed by atoms with E-state index in [2.05, 4.69) is 10.3 Å². The third-order valence-electron chi connectivity index (χ3n) is 3.73. The third kappa shape index (κ3) is 3.83. The van der Waals surface area contributed by atoms with Crippen molar-refractivity contribution in [2.24, 2.45) is 4.99 Å². The van der Waals surface area contributed by atoms with Crippen molar-refractivity contribution in [3.8, 4) is 11.3 Å². The summed E-state index contributed by atoms with van der Waals surface area (Å²) in [6, 6.07) is 15.7. The molecule has 2 aromatic carbocycles. The fourth-order valence-corrected chi connectivity index (χ4v) is 3.32. The van der Waals surface area contributed by atoms with Crippen LogP contribution in [0.4, 0.5) is 14.5 Å². The number of carbonyl (C=O) groups excluding carboxylic acids is 1. The summed E-state index contributed by atoms with van der Waals surface area (Å²) in [4.78, 5) is 16.9. The molecule has 1 aliphatic heterocycles. The van der Waals surface area contributed by atoms with Crippen LogP contribution in [0.25, 0.3) is 17.4 Å². The highest BCUT2D eigenvalue weighted by molar-refractivity contribution is 8.18. The second kappa shape index (κ2) is 7.20. The SMILES string of the molecule is O=C1NC(=Nc2ccccc2)S/C1=C\c1ccc(-c2ccc(F)cc2F)o1. The molecule has 3 aromatic rings. The summed E-state index contributed by atoms with van der Waals surface area (Å²) >= 11 is 1.19. The van der Waals surface area contributed by atoms with Crippen LogP contribution in [0.2, 0.25) is 0 Å². The Morgan fingerprint density at radius 1 is 1.04 bits per heavy atom. The van der Waals surface area contributed by atoms with Gasteiger partial charge >= 0.3 is 0 Å². The normalized spacial score (nSPS) is 16.9. The number of nitrogens with one attached hydrogen (secondary N) is 1. The summed E-state index contributed by atoms with van der Waals surface area (Å²) in [5.74, 6) is -1.03. The standard InChI is InChI=1S/C20H12F2N2O2S/c21-12-6-8-15(16(22)10-12)17-9-7-14(26-17)11-18-19(25)24-20(27-18)23-13-4-2-1-3-5-13/h1-11H,(H,23,24,25)/b18-11-. The van der Waals surface area contributed by atoms with Gasteiger partial charge < -0.3 is 9.73 Å². The number of halogens is 2. The fraction of sp³-hybridized carbons (Fsp3) is 0. The van der Waals surface area contributed by atoms with Crippen LogP contribution in [0.5, 0.6) is 0 Å². The van der Waals surface area contributed by atoms with Crippen LogP contribution in [0, 0.1) is 11.6 Å². The molecule has 1 amide bonds. The average Bonchev–Trinajstić information content (AvgIpc) is 3.23. The van der Waals surface area contributed by atoms with Crippen molar-refractivity contribution in [3.05, 3.63) is 83.0 Å². The summed E-state index contributed by atoms with van der Waals surface area (Å²) in [7, 11) is 0. The Bertz CT molecular complexity index is 1070. The van der Waals surface area contributed by atoms with Gasteiger partial charge in [0, 0.05) is 12.1 Å². The lowest BCUT2D eigenvalue weighted by molar-refractivity contribution is -0.115. The van der Waals surface area contributed by atoms with Gasteiger partial charge in [-0.05, 0) is 48.2 Å². The number of para-hydroxylation sites is 1. The number of hydrogen-bond donors (Lipinski definition) is 1. The van der Waals surface area contributed by atoms with Crippen LogP contribution in [0.1, 0.15) is 5.76 Å². The van der Waals surface area contributed by atoms with Gasteiger partial charge in [-0.1, -0.05) is 18.2 Å². The maximum atomic E-state index is 13.9. The minimum Gasteiger partial charge on any atom is -0.457 e. The van der Waals surface area contributed by atoms with Crippen molar-refractivity contribution in [1.29, 1.82) is 0 Å². The van der Waals surface area contributed by atoms with E-state index in [0.717, 1.165) is 17.8 Å². The third-order valence-corrected chi connectivity index (χ3v) is 4.64. The molecule has 1 aromatic heterocycles. The Kier molecular flexibility index (Phi) is 4.60. The van der Waals surface area contributed by atoms with Gasteiger partial charge in [-0.3, -0.25) is 4.79 Å². The largest absolute Gasteiger partial charge is 0.457 e. The summed E-state index contributed by atoms with van der Waals surface area (Å²) in [5, 5.41) is 3.16. The van der Waals surface area contributed by atoms with E-state index < -0.39 is 11.6 Å². The molecule has 0 radical (unpaired) electrons. The van der Waals surface area contributed by atoms with Gasteiger partial charge in [-0.2, -0.15) is 0 Å². The van der Waals surface area contributed by atoms with Gasteiger partial charge in [0.05, 0.1) is 16.2 Å². The zero-order valence-corrected chi connectivity index (χ0v) is 14.6. The first-order valence-corrected chi connectivity index (χ1v) is 8.80. The van der Waals surface area contributed by atoms with Crippen molar-refractivity contribution < 1.29 is 18.0 Å². The number of thioether (sulfide) groups is 1. The molecule has 0 bridgehead atoms. The van der Waals surface area contributed by atoms with Gasteiger partial charge in [0.25, 0.3) is 5.91 Å². The van der Waals surface area contributed by atoms with E-state index in [9.17, 15) is 13.6 Å². The first-order valence-electron chi connectivity index (χ1n) is 7.98. The summed E-state index contributed by atoms with van der Waals surface area (Å²) in [6.07, 6.45) is 1.55. The van der Waals surface area contributed by atoms with Crippen LogP contribution in [0.15, 0.2) is 75.0 Å². The average molecular weight is 382 g/mol. The molecule has 27 heavy (non-hydrogen) atoms. The fourth-order valence-electron chi connectivity index (χ4n) is 2.49. The Morgan fingerprint density at radius 2 is 1.85 bits per heavy atom. The number of rotatable bonds is 3. The van der Waals surface area contributed by atoms with Crippen molar-refractivity contribution >= 4 is 34.6 Å². The van der Waals surface area contributed by atoms with Gasteiger partial charge in [0.2, 0.25) is 0 Å². The molecule has 7 heteroatoms. The van der Waals surface area contributed by atoms with Gasteiger partial charge in [-0.25, -0.2) is 13.8 Å². The van der Waals surface area contributed by atoms with E-state index in [-0.39, 0.29) is 17.2 Å². The number of aliphatic imine (C=N–C) groups is 1. The highest BCUT2D eigenvalue weighted by Crippen LogP contribution is 2.30. The first kappa shape index (κ1) is 17.2. The lowest BCUT2D eigenvalue weighted by Gasteiger charge is -1.99. The summed E-state index contributed by atoms with van der Waals surface area (Å²) in [6.45, 7) is 0. The van der Waals surface area contributed by atoms with E-state index in [1.807, 2.05) is 30.3 Å². The van der Waals surface area contributed by atoms with Crippen molar-refractivity contribution in [1.82, 2.24) is 5.32 Å². The lowest BCUT2D eigenvalue weighted by atomic mass is 10.1. The molecule has 1 aliphatic rings. The van der Waals surface area contributed by atoms with Gasteiger partial charge in [0.15, 0.2) is 5.17 Å². The summed E-state index contributed by atoms with van der Waals surface area (Å²) < 4.78 is 32.5. The number of hydrogen-bond acceptors (Lipinski definition) is 4. The van der Waals surface area contributed by atoms with E-state index in [1.54, 1.807) is 18.2 Å². The monoisotopic (exact) mass is 382 g/mol. The van der Waals surface area contributed by atoms with Crippen LogP contribution in [-0.2, 0) is 4.79 Å². The van der Waals surface area contributed by atoms with E-state index in [0.29, 0.717) is 15.8 Å². The smallest absolute Gasteiger partial charge is 0.264 e. The number of amidine groups is 1. The Labute approximate surface area is 157 Å². The molecule has 0 atom stereocenters. The van der Waals surface area contributed by atoms with Crippen molar-refractivity contribution in [3.63, 3.8) is 0 Å². The minimum absolute atomic E-state index is 0.149. The van der Waals surface area contributed by atoms with Crippen LogP contribution < -0.4 is 5.32 Å². The highest BCUT2D eigenvalue weighted by Gasteiger charge is 2.24. The Morgan fingerprint density at radius 3 is 2.63 bits per heavy atom. The van der Waals surface area contributed by atoms with Gasteiger partial charge in [0.1, 0.15) is 23.2 Å². The molecule has 4 rings (SSSR count). The molecule has 1 fully saturated rings. The highest BCUT2D eigenvalue weighted by atomic mass is 32.2. The Hall–Kier alpha value is -3.19. The minimum atomic E-state index is -0.714. The molecule has 2 heterocycles. The maximum Gasteiger partial charge on any atom is 0.264 e. The zero-order chi connectivity index (χ0) is 18.8. The topological polar surface area (TPSA) is 54.6 Å². The van der Waals surface area contributed by atoms with Crippen LogP contribution in [0.3, 0.4) is 0 Å². The van der Waals surface area contributed by atoms with E-state index >= 15 is 0 Å². The molecule has 0 unspecified atom stereocenters. The molecule has 0 aliphatic carbocycles. The number of nitrogens with zero attached hydrogens (tertiary/aromatic N) is 1. The number of benzene rings is 2. The number of carbonyl (C=O) groups is 1. The van der Waals surface area contributed by atoms with Gasteiger partial charge in [-0.15, -0.1) is 0 Å². The van der Waals surface area contributed by atoms with Crippen molar-refractivity contribution in [2.75, 3.05) is 0 Å². The quantitative estimate of drug-likeness (QED) is 0.640. The predicted molar refractivity (Wildman–Crippen MR) is 101 cm³/mol. The molecule has 134 valence electrons. The maximum absolute atomic E-state index is 13.9. The molecular formula is C20H12F2N2O2S. The molecule has 0 spiro atoms. The predicted octanol–water partition coefficient (Wildman–Crippen LogP) is 5.12. The Balaban J connectivity index is 1.57. The molecule has 1 N–H and O–H groups in total. The molecule has 0 saturated carbocycles. The second-order valence-corrected chi connectivity index (χ2v) is 6.67. The van der Waals surface area contributed by atoms with E-state index in [1.165, 1.54) is 17.8 Å². The number of furan rings is 1. The number of amides is 1. The first-order chi connectivity index (χ1) is 13.1. The zero-order valence-electron chi connectivity index (χ0n) is 13.8. The van der Waals surface area contributed by atoms with Crippen LogP contribution >= 0.6 is 11.8 Å². The molecule has 1 saturated heterocycles. The van der Waals surface area contributed by atoms with Crippen molar-refractivity contribution in [2.45, 2.75) is 0 Å². The molecule has 4 nitrogen and oxygen atoms in total. The van der Waals surface area contributed by atoms with E-state index in [4.69, 9.17) is 4.42 Å². The lowest BCUT2D eigenvalue weighted by Crippen LogP contribution is -2.19. The van der Waals surface area contributed by atoms with Crippen LogP contribution in [-0.4, -0.2) is 11.1 Å². The molecular weight excluding hydrogens is 370 g/mol. The second-order valence-electron chi connectivity index (χ2n) is 5.64. The summed E-state index contributed by atoms with van der Waals surface area (Å²) in [5.41, 5.74) is 0.879.